The fourth-order valence-electron chi connectivity index (χ4n) is 1.19. The lowest BCUT2D eigenvalue weighted by Gasteiger charge is -2.24. The molecule has 98 valence electrons. The Labute approximate surface area is 100.0 Å². The fourth-order valence-corrected chi connectivity index (χ4v) is 1.19. The van der Waals surface area contributed by atoms with E-state index in [1.54, 1.807) is 13.8 Å². The molecule has 0 heterocycles. The van der Waals surface area contributed by atoms with Crippen LogP contribution in [0.5, 0.6) is 0 Å². The molecule has 0 saturated heterocycles. The van der Waals surface area contributed by atoms with Crippen molar-refractivity contribution in [2.24, 2.45) is 0 Å². The maximum absolute atomic E-state index is 11.4. The predicted molar refractivity (Wildman–Crippen MR) is 61.5 cm³/mol. The van der Waals surface area contributed by atoms with Gasteiger partial charge in [0, 0.05) is 25.6 Å². The summed E-state index contributed by atoms with van der Waals surface area (Å²) >= 11 is 0. The molecule has 0 aliphatic heterocycles. The number of aliphatic carboxylic acids is 1. The van der Waals surface area contributed by atoms with Crippen molar-refractivity contribution in [1.29, 1.82) is 0 Å². The number of rotatable bonds is 6. The third kappa shape index (κ3) is 8.06. The average Bonchev–Trinajstić information content (AvgIpc) is 2.14. The van der Waals surface area contributed by atoms with Crippen LogP contribution in [0.2, 0.25) is 0 Å². The Balaban J connectivity index is 3.93. The summed E-state index contributed by atoms with van der Waals surface area (Å²) in [7, 11) is 1.51. The van der Waals surface area contributed by atoms with Gasteiger partial charge in [-0.05, 0) is 13.8 Å². The van der Waals surface area contributed by atoms with Gasteiger partial charge in [0.2, 0.25) is 5.91 Å². The summed E-state index contributed by atoms with van der Waals surface area (Å²) in [5.74, 6) is -1.16. The van der Waals surface area contributed by atoms with E-state index in [2.05, 4.69) is 16.0 Å². The molecule has 0 saturated carbocycles. The predicted octanol–water partition coefficient (Wildman–Crippen LogP) is -0.325. The zero-order valence-electron chi connectivity index (χ0n) is 10.3. The van der Waals surface area contributed by atoms with Gasteiger partial charge >= 0.3 is 12.0 Å². The van der Waals surface area contributed by atoms with Crippen molar-refractivity contribution in [3.8, 4) is 0 Å². The van der Waals surface area contributed by atoms with Gasteiger partial charge in [-0.25, -0.2) is 4.79 Å². The number of carboxylic acid groups (broad SMARTS) is 1. The zero-order chi connectivity index (χ0) is 13.5. The Kier molecular flexibility index (Phi) is 6.01. The van der Waals surface area contributed by atoms with Crippen LogP contribution in [0, 0.1) is 0 Å². The molecule has 0 aliphatic carbocycles. The molecule has 0 aliphatic rings. The van der Waals surface area contributed by atoms with Gasteiger partial charge in [-0.15, -0.1) is 0 Å². The third-order valence-electron chi connectivity index (χ3n) is 1.96. The van der Waals surface area contributed by atoms with Crippen LogP contribution in [0.1, 0.15) is 26.7 Å². The summed E-state index contributed by atoms with van der Waals surface area (Å²) in [6.45, 7) is 3.42. The minimum absolute atomic E-state index is 0.171. The Morgan fingerprint density at radius 3 is 2.29 bits per heavy atom. The number of amides is 3. The first-order valence-electron chi connectivity index (χ1n) is 5.25. The van der Waals surface area contributed by atoms with Crippen LogP contribution in [0.3, 0.4) is 0 Å². The van der Waals surface area contributed by atoms with Crippen LogP contribution in [0.4, 0.5) is 4.79 Å². The van der Waals surface area contributed by atoms with E-state index in [-0.39, 0.29) is 25.3 Å². The summed E-state index contributed by atoms with van der Waals surface area (Å²) in [6.07, 6.45) is 0.0130. The number of hydrogen-bond donors (Lipinski definition) is 4. The molecule has 3 amide bonds. The maximum Gasteiger partial charge on any atom is 0.315 e. The minimum Gasteiger partial charge on any atom is -0.481 e. The number of hydrogen-bond acceptors (Lipinski definition) is 3. The summed E-state index contributed by atoms with van der Waals surface area (Å²) < 4.78 is 0. The molecular weight excluding hydrogens is 226 g/mol. The third-order valence-corrected chi connectivity index (χ3v) is 1.96. The highest BCUT2D eigenvalue weighted by Crippen LogP contribution is 2.07. The van der Waals surface area contributed by atoms with E-state index in [0.717, 1.165) is 0 Å². The summed E-state index contributed by atoms with van der Waals surface area (Å²) in [6, 6.07) is -0.486. The Bertz CT molecular complexity index is 302. The molecule has 0 atom stereocenters. The Morgan fingerprint density at radius 1 is 1.24 bits per heavy atom. The van der Waals surface area contributed by atoms with E-state index in [4.69, 9.17) is 5.11 Å². The average molecular weight is 245 g/mol. The molecule has 0 bridgehead atoms. The molecule has 0 fully saturated rings. The number of carboxylic acids is 1. The van der Waals surface area contributed by atoms with E-state index >= 15 is 0 Å². The maximum atomic E-state index is 11.4. The van der Waals surface area contributed by atoms with Crippen molar-refractivity contribution in [2.75, 3.05) is 13.6 Å². The smallest absolute Gasteiger partial charge is 0.315 e. The topological polar surface area (TPSA) is 108 Å². The number of carbonyl (C=O) groups is 3. The van der Waals surface area contributed by atoms with Crippen LogP contribution in [-0.4, -0.2) is 42.1 Å². The molecule has 0 rings (SSSR count). The van der Waals surface area contributed by atoms with Gasteiger partial charge in [-0.1, -0.05) is 0 Å². The lowest BCUT2D eigenvalue weighted by atomic mass is 10.0. The monoisotopic (exact) mass is 245 g/mol. The van der Waals surface area contributed by atoms with E-state index in [1.165, 1.54) is 7.05 Å². The Morgan fingerprint density at radius 2 is 1.82 bits per heavy atom. The van der Waals surface area contributed by atoms with Gasteiger partial charge in [0.05, 0.1) is 6.42 Å². The molecule has 0 aromatic rings. The van der Waals surface area contributed by atoms with Crippen molar-refractivity contribution in [3.63, 3.8) is 0 Å². The highest BCUT2D eigenvalue weighted by molar-refractivity contribution is 5.78. The van der Waals surface area contributed by atoms with Crippen LogP contribution in [0.25, 0.3) is 0 Å². The molecule has 4 N–H and O–H groups in total. The highest BCUT2D eigenvalue weighted by Gasteiger charge is 2.23. The van der Waals surface area contributed by atoms with Gasteiger partial charge in [0.1, 0.15) is 0 Å². The molecule has 0 aromatic heterocycles. The SMILES string of the molecule is CNC(=O)CCNC(=O)NC(C)(C)CC(=O)O. The van der Waals surface area contributed by atoms with Crippen molar-refractivity contribution >= 4 is 17.9 Å². The van der Waals surface area contributed by atoms with Crippen LogP contribution < -0.4 is 16.0 Å². The second-order valence-corrected chi connectivity index (χ2v) is 4.26. The molecule has 17 heavy (non-hydrogen) atoms. The standard InChI is InChI=1S/C10H19N3O4/c1-10(2,6-8(15)16)13-9(17)12-5-4-7(14)11-3/h4-6H2,1-3H3,(H,11,14)(H,15,16)(H2,12,13,17). The number of urea groups is 1. The van der Waals surface area contributed by atoms with Gasteiger partial charge in [0.15, 0.2) is 0 Å². The van der Waals surface area contributed by atoms with E-state index in [0.29, 0.717) is 0 Å². The molecule has 0 aromatic carbocycles. The van der Waals surface area contributed by atoms with Crippen LogP contribution in [0.15, 0.2) is 0 Å². The lowest BCUT2D eigenvalue weighted by Crippen LogP contribution is -2.49. The molecule has 0 unspecified atom stereocenters. The fraction of sp³-hybridized carbons (Fsp3) is 0.700. The van der Waals surface area contributed by atoms with Crippen molar-refractivity contribution < 1.29 is 19.5 Å². The number of nitrogens with one attached hydrogen (secondary N) is 3. The van der Waals surface area contributed by atoms with Gasteiger partial charge in [-0.3, -0.25) is 9.59 Å². The number of carbonyl (C=O) groups excluding carboxylic acids is 2. The van der Waals surface area contributed by atoms with Crippen molar-refractivity contribution in [1.82, 2.24) is 16.0 Å². The van der Waals surface area contributed by atoms with E-state index in [9.17, 15) is 14.4 Å². The Hall–Kier alpha value is -1.79. The molecule has 7 heteroatoms. The van der Waals surface area contributed by atoms with Gasteiger partial charge in [-0.2, -0.15) is 0 Å². The zero-order valence-corrected chi connectivity index (χ0v) is 10.3. The van der Waals surface area contributed by atoms with E-state index in [1.807, 2.05) is 0 Å². The summed E-state index contributed by atoms with van der Waals surface area (Å²) in [5, 5.41) is 16.0. The quantitative estimate of drug-likeness (QED) is 0.514. The highest BCUT2D eigenvalue weighted by atomic mass is 16.4. The van der Waals surface area contributed by atoms with E-state index < -0.39 is 17.5 Å². The largest absolute Gasteiger partial charge is 0.481 e. The first-order valence-corrected chi connectivity index (χ1v) is 5.25. The van der Waals surface area contributed by atoms with Gasteiger partial charge < -0.3 is 21.1 Å². The minimum atomic E-state index is -0.985. The van der Waals surface area contributed by atoms with Crippen molar-refractivity contribution in [2.45, 2.75) is 32.2 Å². The van der Waals surface area contributed by atoms with Crippen molar-refractivity contribution in [3.05, 3.63) is 0 Å². The molecular formula is C10H19N3O4. The molecule has 0 spiro atoms. The normalized spacial score (nSPS) is 10.5. The van der Waals surface area contributed by atoms with Crippen LogP contribution >= 0.6 is 0 Å². The first kappa shape index (κ1) is 15.2. The summed E-state index contributed by atoms with van der Waals surface area (Å²) in [5.41, 5.74) is -0.830. The second-order valence-electron chi connectivity index (χ2n) is 4.26. The molecule has 7 nitrogen and oxygen atoms in total. The first-order chi connectivity index (χ1) is 7.76. The summed E-state index contributed by atoms with van der Waals surface area (Å²) in [4.78, 5) is 32.7. The lowest BCUT2D eigenvalue weighted by molar-refractivity contribution is -0.138. The van der Waals surface area contributed by atoms with Crippen LogP contribution in [-0.2, 0) is 9.59 Å². The molecule has 0 radical (unpaired) electrons. The van der Waals surface area contributed by atoms with Gasteiger partial charge in [0.25, 0.3) is 0 Å². The second kappa shape index (κ2) is 6.72.